The van der Waals surface area contributed by atoms with Crippen LogP contribution in [0.5, 0.6) is 5.75 Å². The number of ether oxygens (including phenoxy) is 1. The van der Waals surface area contributed by atoms with Crippen LogP contribution in [-0.2, 0) is 4.79 Å². The van der Waals surface area contributed by atoms with Crippen LogP contribution in [0, 0.1) is 0 Å². The fraction of sp³-hybridized carbons (Fsp3) is 0.0714. The van der Waals surface area contributed by atoms with Crippen molar-refractivity contribution >= 4 is 17.6 Å². The van der Waals surface area contributed by atoms with Gasteiger partial charge in [-0.3, -0.25) is 4.79 Å². The van der Waals surface area contributed by atoms with Gasteiger partial charge in [0.05, 0.1) is 0 Å². The van der Waals surface area contributed by atoms with Gasteiger partial charge in [0, 0.05) is 23.1 Å². The fourth-order valence-corrected chi connectivity index (χ4v) is 1.85. The zero-order chi connectivity index (χ0) is 12.3. The smallest absolute Gasteiger partial charge is 0.308 e. The van der Waals surface area contributed by atoms with Crippen LogP contribution in [-0.4, -0.2) is 5.97 Å². The normalized spacial score (nSPS) is 10.0. The zero-order valence-corrected chi connectivity index (χ0v) is 10.1. The van der Waals surface area contributed by atoms with E-state index in [4.69, 9.17) is 16.3 Å². The van der Waals surface area contributed by atoms with Crippen LogP contribution in [0.1, 0.15) is 6.92 Å². The van der Waals surface area contributed by atoms with Crippen molar-refractivity contribution in [3.63, 3.8) is 0 Å². The van der Waals surface area contributed by atoms with Gasteiger partial charge in [-0.1, -0.05) is 48.0 Å². The first-order valence-corrected chi connectivity index (χ1v) is 5.58. The second kappa shape index (κ2) is 5.02. The monoisotopic (exact) mass is 246 g/mol. The summed E-state index contributed by atoms with van der Waals surface area (Å²) in [5.74, 6) is 0.178. The van der Waals surface area contributed by atoms with Crippen molar-refractivity contribution in [3.05, 3.63) is 53.6 Å². The summed E-state index contributed by atoms with van der Waals surface area (Å²) in [5.41, 5.74) is 1.67. The third-order valence-electron chi connectivity index (χ3n) is 2.30. The molecule has 2 aromatic rings. The second-order valence-electron chi connectivity index (χ2n) is 3.57. The van der Waals surface area contributed by atoms with Gasteiger partial charge in [0.1, 0.15) is 5.75 Å². The van der Waals surface area contributed by atoms with E-state index in [1.54, 1.807) is 12.1 Å². The largest absolute Gasteiger partial charge is 0.426 e. The number of carbonyl (C=O) groups is 1. The van der Waals surface area contributed by atoms with Crippen LogP contribution >= 0.6 is 11.6 Å². The lowest BCUT2D eigenvalue weighted by atomic mass is 10.0. The van der Waals surface area contributed by atoms with Crippen LogP contribution in [0.4, 0.5) is 0 Å². The van der Waals surface area contributed by atoms with Gasteiger partial charge in [0.2, 0.25) is 0 Å². The molecule has 0 saturated heterocycles. The Balaban J connectivity index is 2.52. The maximum atomic E-state index is 11.0. The van der Waals surface area contributed by atoms with Crippen molar-refractivity contribution in [1.82, 2.24) is 0 Å². The molecule has 2 aromatic carbocycles. The van der Waals surface area contributed by atoms with Crippen molar-refractivity contribution in [2.75, 3.05) is 0 Å². The Morgan fingerprint density at radius 2 is 1.59 bits per heavy atom. The molecule has 0 heterocycles. The number of rotatable bonds is 2. The van der Waals surface area contributed by atoms with E-state index in [1.165, 1.54) is 6.92 Å². The molecule has 0 aliphatic carbocycles. The highest BCUT2D eigenvalue weighted by Crippen LogP contribution is 2.34. The Bertz CT molecular complexity index is 549. The van der Waals surface area contributed by atoms with Gasteiger partial charge in [0.15, 0.2) is 0 Å². The lowest BCUT2D eigenvalue weighted by molar-refractivity contribution is -0.131. The van der Waals surface area contributed by atoms with E-state index in [1.807, 2.05) is 36.4 Å². The Kier molecular flexibility index (Phi) is 3.45. The van der Waals surface area contributed by atoms with Crippen molar-refractivity contribution in [2.45, 2.75) is 6.92 Å². The van der Waals surface area contributed by atoms with Gasteiger partial charge in [0.25, 0.3) is 0 Å². The summed E-state index contributed by atoms with van der Waals surface area (Å²) in [4.78, 5) is 11.0. The second-order valence-corrected chi connectivity index (χ2v) is 3.98. The van der Waals surface area contributed by atoms with Crippen LogP contribution < -0.4 is 4.74 Å². The van der Waals surface area contributed by atoms with E-state index in [0.29, 0.717) is 10.8 Å². The van der Waals surface area contributed by atoms with Gasteiger partial charge in [-0.05, 0) is 12.1 Å². The Morgan fingerprint density at radius 1 is 1.00 bits per heavy atom. The third-order valence-corrected chi connectivity index (χ3v) is 2.63. The van der Waals surface area contributed by atoms with Crippen molar-refractivity contribution in [1.29, 1.82) is 0 Å². The molecule has 0 bridgehead atoms. The summed E-state index contributed by atoms with van der Waals surface area (Å²) in [7, 11) is 0. The summed E-state index contributed by atoms with van der Waals surface area (Å²) < 4.78 is 5.16. The maximum Gasteiger partial charge on any atom is 0.308 e. The molecule has 0 spiro atoms. The molecule has 0 aromatic heterocycles. The minimum Gasteiger partial charge on any atom is -0.426 e. The van der Waals surface area contributed by atoms with Crippen LogP contribution in [0.25, 0.3) is 11.1 Å². The van der Waals surface area contributed by atoms with E-state index in [-0.39, 0.29) is 5.97 Å². The molecule has 0 radical (unpaired) electrons. The summed E-state index contributed by atoms with van der Waals surface area (Å²) in [6.07, 6.45) is 0. The van der Waals surface area contributed by atoms with Gasteiger partial charge in [-0.2, -0.15) is 0 Å². The van der Waals surface area contributed by atoms with Crippen molar-refractivity contribution in [3.8, 4) is 16.9 Å². The van der Waals surface area contributed by atoms with Gasteiger partial charge >= 0.3 is 5.97 Å². The first-order chi connectivity index (χ1) is 8.18. The minimum absolute atomic E-state index is 0.343. The van der Waals surface area contributed by atoms with Crippen molar-refractivity contribution < 1.29 is 9.53 Å². The number of hydrogen-bond acceptors (Lipinski definition) is 2. The van der Waals surface area contributed by atoms with Gasteiger partial charge in [-0.15, -0.1) is 0 Å². The number of benzene rings is 2. The molecular weight excluding hydrogens is 236 g/mol. The molecule has 17 heavy (non-hydrogen) atoms. The molecule has 0 aliphatic rings. The topological polar surface area (TPSA) is 26.3 Å². The third kappa shape index (κ3) is 2.66. The standard InChI is InChI=1S/C14H11ClO2/c1-10(16)17-14-9-5-3-7-12(14)11-6-2-4-8-13(11)15/h2-9H,1H3. The number of esters is 1. The zero-order valence-electron chi connectivity index (χ0n) is 9.31. The van der Waals surface area contributed by atoms with E-state index >= 15 is 0 Å². The van der Waals surface area contributed by atoms with Crippen LogP contribution in [0.3, 0.4) is 0 Å². The van der Waals surface area contributed by atoms with Crippen LogP contribution in [0.2, 0.25) is 5.02 Å². The SMILES string of the molecule is CC(=O)Oc1ccccc1-c1ccccc1Cl. The molecule has 0 saturated carbocycles. The summed E-state index contributed by atoms with van der Waals surface area (Å²) in [6, 6.07) is 14.8. The number of hydrogen-bond donors (Lipinski definition) is 0. The Hall–Kier alpha value is -1.80. The fourth-order valence-electron chi connectivity index (χ4n) is 1.61. The molecular formula is C14H11ClO2. The average molecular weight is 247 g/mol. The molecule has 2 rings (SSSR count). The minimum atomic E-state index is -0.343. The Morgan fingerprint density at radius 3 is 2.24 bits per heavy atom. The van der Waals surface area contributed by atoms with E-state index in [0.717, 1.165) is 11.1 Å². The van der Waals surface area contributed by atoms with E-state index in [2.05, 4.69) is 0 Å². The maximum absolute atomic E-state index is 11.0. The highest BCUT2D eigenvalue weighted by Gasteiger charge is 2.09. The molecule has 86 valence electrons. The molecule has 0 unspecified atom stereocenters. The first-order valence-electron chi connectivity index (χ1n) is 5.21. The predicted octanol–water partition coefficient (Wildman–Crippen LogP) is 3.93. The number of halogens is 1. The van der Waals surface area contributed by atoms with Gasteiger partial charge < -0.3 is 4.74 Å². The highest BCUT2D eigenvalue weighted by molar-refractivity contribution is 6.33. The average Bonchev–Trinajstić information content (AvgIpc) is 2.30. The quantitative estimate of drug-likeness (QED) is 0.593. The summed E-state index contributed by atoms with van der Waals surface area (Å²) in [6.45, 7) is 1.38. The molecule has 0 aliphatic heterocycles. The van der Waals surface area contributed by atoms with Gasteiger partial charge in [-0.25, -0.2) is 0 Å². The molecule has 0 atom stereocenters. The van der Waals surface area contributed by atoms with E-state index < -0.39 is 0 Å². The van der Waals surface area contributed by atoms with E-state index in [9.17, 15) is 4.79 Å². The predicted molar refractivity (Wildman–Crippen MR) is 68.2 cm³/mol. The summed E-state index contributed by atoms with van der Waals surface area (Å²) >= 11 is 6.13. The number of para-hydroxylation sites is 1. The number of carbonyl (C=O) groups excluding carboxylic acids is 1. The molecule has 0 N–H and O–H groups in total. The molecule has 0 amide bonds. The van der Waals surface area contributed by atoms with Crippen molar-refractivity contribution in [2.24, 2.45) is 0 Å². The lowest BCUT2D eigenvalue weighted by Gasteiger charge is -2.09. The molecule has 2 nitrogen and oxygen atoms in total. The first kappa shape index (κ1) is 11.7. The summed E-state index contributed by atoms with van der Waals surface area (Å²) in [5, 5.41) is 0.632. The Labute approximate surface area is 105 Å². The highest BCUT2D eigenvalue weighted by atomic mass is 35.5. The molecule has 0 fully saturated rings. The van der Waals surface area contributed by atoms with Crippen LogP contribution in [0.15, 0.2) is 48.5 Å². The molecule has 3 heteroatoms. The lowest BCUT2D eigenvalue weighted by Crippen LogP contribution is -2.02.